The Kier molecular flexibility index (Phi) is 2.48. The van der Waals surface area contributed by atoms with E-state index in [4.69, 9.17) is 5.73 Å². The van der Waals surface area contributed by atoms with Crippen LogP contribution in [-0.4, -0.2) is 12.3 Å². The third kappa shape index (κ3) is 2.01. The van der Waals surface area contributed by atoms with Crippen molar-refractivity contribution >= 4 is 15.9 Å². The van der Waals surface area contributed by atoms with E-state index in [9.17, 15) is 13.2 Å². The van der Waals surface area contributed by atoms with Crippen molar-refractivity contribution in [3.63, 3.8) is 0 Å². The third-order valence-corrected chi connectivity index (χ3v) is 1.81. The zero-order chi connectivity index (χ0) is 9.35. The highest BCUT2D eigenvalue weighted by Crippen LogP contribution is 2.30. The maximum atomic E-state index is 12.1. The minimum atomic E-state index is -4.38. The van der Waals surface area contributed by atoms with Gasteiger partial charge in [-0.1, -0.05) is 0 Å². The van der Waals surface area contributed by atoms with E-state index in [1.807, 2.05) is 0 Å². The first-order valence-electron chi connectivity index (χ1n) is 3.07. The van der Waals surface area contributed by atoms with Crippen molar-refractivity contribution in [2.24, 2.45) is 5.73 Å². The van der Waals surface area contributed by atoms with Gasteiger partial charge >= 0.3 is 6.18 Å². The smallest absolute Gasteiger partial charge is 0.371 e. The highest BCUT2D eigenvalue weighted by molar-refractivity contribution is 9.11. The Hall–Kier alpha value is -0.490. The van der Waals surface area contributed by atoms with Crippen LogP contribution < -0.4 is 11.1 Å². The second-order valence-electron chi connectivity index (χ2n) is 2.27. The molecule has 2 nitrogen and oxygen atoms in total. The van der Waals surface area contributed by atoms with Gasteiger partial charge in [-0.15, -0.1) is 0 Å². The van der Waals surface area contributed by atoms with Gasteiger partial charge in [0, 0.05) is 10.7 Å². The van der Waals surface area contributed by atoms with Gasteiger partial charge in [0.1, 0.15) is 6.17 Å². The number of nitrogens with one attached hydrogen (secondary N) is 1. The van der Waals surface area contributed by atoms with Gasteiger partial charge in [-0.2, -0.15) is 13.2 Å². The monoisotopic (exact) mass is 242 g/mol. The lowest BCUT2D eigenvalue weighted by Crippen LogP contribution is -2.42. The fourth-order valence-corrected chi connectivity index (χ4v) is 1.18. The number of halogens is 4. The van der Waals surface area contributed by atoms with Crippen LogP contribution in [0.5, 0.6) is 0 Å². The van der Waals surface area contributed by atoms with Crippen LogP contribution in [0.15, 0.2) is 22.3 Å². The quantitative estimate of drug-likeness (QED) is 0.678. The molecule has 1 unspecified atom stereocenters. The van der Waals surface area contributed by atoms with Gasteiger partial charge in [-0.3, -0.25) is 0 Å². The Morgan fingerprint density at radius 1 is 1.50 bits per heavy atom. The summed E-state index contributed by atoms with van der Waals surface area (Å²) in [5.41, 5.74) is 4.38. The van der Waals surface area contributed by atoms with Crippen LogP contribution in [0.3, 0.4) is 0 Å². The molecule has 1 atom stereocenters. The number of hydrogen-bond acceptors (Lipinski definition) is 2. The largest absolute Gasteiger partial charge is 0.415 e. The van der Waals surface area contributed by atoms with Crippen molar-refractivity contribution in [3.8, 4) is 0 Å². The van der Waals surface area contributed by atoms with E-state index in [-0.39, 0.29) is 0 Å². The summed E-state index contributed by atoms with van der Waals surface area (Å²) >= 11 is 2.92. The molecule has 6 heteroatoms. The normalized spacial score (nSPS) is 24.2. The molecule has 1 aliphatic rings. The molecule has 68 valence electrons. The Labute approximate surface area is 75.4 Å². The Bertz CT molecular complexity index is 244. The Morgan fingerprint density at radius 3 is 2.50 bits per heavy atom. The first-order chi connectivity index (χ1) is 5.41. The zero-order valence-corrected chi connectivity index (χ0v) is 7.41. The molecule has 1 rings (SSSR count). The summed E-state index contributed by atoms with van der Waals surface area (Å²) < 4.78 is 36.7. The molecule has 3 N–H and O–H groups in total. The van der Waals surface area contributed by atoms with E-state index in [2.05, 4.69) is 21.2 Å². The predicted molar refractivity (Wildman–Crippen MR) is 42.3 cm³/mol. The molecule has 1 aliphatic heterocycles. The fourth-order valence-electron chi connectivity index (χ4n) is 0.797. The molecule has 0 bridgehead atoms. The maximum Gasteiger partial charge on any atom is 0.415 e. The van der Waals surface area contributed by atoms with Crippen molar-refractivity contribution in [3.05, 3.63) is 22.3 Å². The summed E-state index contributed by atoms with van der Waals surface area (Å²) in [5, 5.41) is 2.37. The second-order valence-corrected chi connectivity index (χ2v) is 3.19. The van der Waals surface area contributed by atoms with Gasteiger partial charge in [0.15, 0.2) is 0 Å². The van der Waals surface area contributed by atoms with Gasteiger partial charge in [0.2, 0.25) is 0 Å². The zero-order valence-electron chi connectivity index (χ0n) is 5.82. The van der Waals surface area contributed by atoms with Crippen LogP contribution >= 0.6 is 15.9 Å². The molecule has 0 aromatic heterocycles. The minimum Gasteiger partial charge on any atom is -0.371 e. The molecule has 12 heavy (non-hydrogen) atoms. The number of hydrogen-bond donors (Lipinski definition) is 2. The fraction of sp³-hybridized carbons (Fsp3) is 0.333. The molecule has 0 saturated heterocycles. The molecule has 0 amide bonds. The third-order valence-electron chi connectivity index (χ3n) is 1.36. The lowest BCUT2D eigenvalue weighted by Gasteiger charge is -2.22. The highest BCUT2D eigenvalue weighted by Gasteiger charge is 2.38. The first-order valence-corrected chi connectivity index (χ1v) is 3.86. The van der Waals surface area contributed by atoms with Crippen molar-refractivity contribution < 1.29 is 13.2 Å². The average molecular weight is 243 g/mol. The second kappa shape index (κ2) is 3.10. The van der Waals surface area contributed by atoms with Gasteiger partial charge < -0.3 is 11.1 Å². The molecule has 0 aromatic rings. The van der Waals surface area contributed by atoms with E-state index < -0.39 is 17.9 Å². The minimum absolute atomic E-state index is 0.330. The van der Waals surface area contributed by atoms with Gasteiger partial charge in [0.25, 0.3) is 0 Å². The van der Waals surface area contributed by atoms with Crippen molar-refractivity contribution in [1.29, 1.82) is 0 Å². The molecule has 0 spiro atoms. The maximum absolute atomic E-state index is 12.1. The van der Waals surface area contributed by atoms with E-state index in [1.54, 1.807) is 0 Å². The van der Waals surface area contributed by atoms with Crippen LogP contribution in [0.1, 0.15) is 0 Å². The average Bonchev–Trinajstić information content (AvgIpc) is 1.92. The van der Waals surface area contributed by atoms with Gasteiger partial charge in [-0.25, -0.2) is 0 Å². The molecule has 0 fully saturated rings. The molecular formula is C6H6BrF3N2. The molecule has 1 heterocycles. The van der Waals surface area contributed by atoms with E-state index in [0.29, 0.717) is 4.48 Å². The van der Waals surface area contributed by atoms with Gasteiger partial charge in [0.05, 0.1) is 5.57 Å². The summed E-state index contributed by atoms with van der Waals surface area (Å²) in [7, 11) is 0. The Balaban J connectivity index is 2.94. The summed E-state index contributed by atoms with van der Waals surface area (Å²) in [6.45, 7) is 0. The SMILES string of the molecule is NC1NC=C(Br)C=C1C(F)(F)F. The lowest BCUT2D eigenvalue weighted by atomic mass is 10.1. The molecule has 0 saturated carbocycles. The summed E-state index contributed by atoms with van der Waals surface area (Å²) in [5.74, 6) is 0. The highest BCUT2D eigenvalue weighted by atomic mass is 79.9. The number of rotatable bonds is 0. The molecule has 0 aliphatic carbocycles. The number of allylic oxidation sites excluding steroid dienone is 2. The van der Waals surface area contributed by atoms with Crippen LogP contribution in [0.4, 0.5) is 13.2 Å². The first kappa shape index (κ1) is 9.60. The van der Waals surface area contributed by atoms with Gasteiger partial charge in [-0.05, 0) is 22.0 Å². The Morgan fingerprint density at radius 2 is 2.08 bits per heavy atom. The molecule has 0 radical (unpaired) electrons. The van der Waals surface area contributed by atoms with Crippen LogP contribution in [-0.2, 0) is 0 Å². The predicted octanol–water partition coefficient (Wildman–Crippen LogP) is 1.60. The number of alkyl halides is 3. The standard InChI is InChI=1S/C6H6BrF3N2/c7-3-1-4(6(8,9)10)5(11)12-2-3/h1-2,5,12H,11H2. The van der Waals surface area contributed by atoms with E-state index in [1.165, 1.54) is 6.20 Å². The summed E-state index contributed by atoms with van der Waals surface area (Å²) in [6, 6.07) is 0. The number of nitrogens with two attached hydrogens (primary N) is 1. The van der Waals surface area contributed by atoms with Crippen molar-refractivity contribution in [2.75, 3.05) is 0 Å². The van der Waals surface area contributed by atoms with Crippen LogP contribution in [0.2, 0.25) is 0 Å². The van der Waals surface area contributed by atoms with Crippen LogP contribution in [0, 0.1) is 0 Å². The van der Waals surface area contributed by atoms with E-state index in [0.717, 1.165) is 6.08 Å². The summed E-state index contributed by atoms with van der Waals surface area (Å²) in [6.07, 6.45) is -3.22. The molecular weight excluding hydrogens is 237 g/mol. The summed E-state index contributed by atoms with van der Waals surface area (Å²) in [4.78, 5) is 0. The molecule has 0 aromatic carbocycles. The van der Waals surface area contributed by atoms with Crippen molar-refractivity contribution in [2.45, 2.75) is 12.3 Å². The van der Waals surface area contributed by atoms with Crippen LogP contribution in [0.25, 0.3) is 0 Å². The topological polar surface area (TPSA) is 38.0 Å². The number of dihydropyridines is 1. The lowest BCUT2D eigenvalue weighted by molar-refractivity contribution is -0.0963. The van der Waals surface area contributed by atoms with E-state index >= 15 is 0 Å². The van der Waals surface area contributed by atoms with Crippen molar-refractivity contribution in [1.82, 2.24) is 5.32 Å².